The largest absolute Gasteiger partial charge is 0.322 e. The molecule has 0 aliphatic rings. The molecule has 2 N–H and O–H groups in total. The van der Waals surface area contributed by atoms with Crippen molar-refractivity contribution in [3.63, 3.8) is 0 Å². The summed E-state index contributed by atoms with van der Waals surface area (Å²) >= 11 is 0. The lowest BCUT2D eigenvalue weighted by molar-refractivity contribution is -0.112. The van der Waals surface area contributed by atoms with Crippen molar-refractivity contribution < 1.29 is 9.59 Å². The molecule has 27 heavy (non-hydrogen) atoms. The van der Waals surface area contributed by atoms with E-state index >= 15 is 0 Å². The lowest BCUT2D eigenvalue weighted by Gasteiger charge is -2.05. The average molecular weight is 358 g/mol. The maximum atomic E-state index is 12.1. The highest BCUT2D eigenvalue weighted by atomic mass is 16.2. The second-order valence-electron chi connectivity index (χ2n) is 5.94. The zero-order valence-corrected chi connectivity index (χ0v) is 14.8. The molecule has 0 radical (unpaired) electrons. The highest BCUT2D eigenvalue weighted by Gasteiger charge is 2.06. The Morgan fingerprint density at radius 3 is 2.52 bits per heavy atom. The Bertz CT molecular complexity index is 1040. The summed E-state index contributed by atoms with van der Waals surface area (Å²) in [5.41, 5.74) is 5.39. The van der Waals surface area contributed by atoms with Crippen molar-refractivity contribution in [2.24, 2.45) is 5.10 Å². The first-order valence-electron chi connectivity index (χ1n) is 8.29. The first-order valence-corrected chi connectivity index (χ1v) is 8.29. The number of fused-ring (bicyclic) bond motifs is 1. The van der Waals surface area contributed by atoms with Gasteiger partial charge in [0.05, 0.1) is 17.4 Å². The second-order valence-corrected chi connectivity index (χ2v) is 5.94. The van der Waals surface area contributed by atoms with Crippen molar-refractivity contribution in [2.75, 3.05) is 5.32 Å². The first-order chi connectivity index (χ1) is 13.0. The van der Waals surface area contributed by atoms with Crippen LogP contribution >= 0.6 is 0 Å². The van der Waals surface area contributed by atoms with Gasteiger partial charge in [0.25, 0.3) is 11.8 Å². The molecule has 134 valence electrons. The highest BCUT2D eigenvalue weighted by Crippen LogP contribution is 2.12. The molecule has 0 unspecified atom stereocenters. The molecule has 0 saturated carbocycles. The number of nitrogens with zero attached hydrogens (tertiary/aromatic N) is 2. The van der Waals surface area contributed by atoms with Gasteiger partial charge in [-0.05, 0) is 43.3 Å². The third-order valence-electron chi connectivity index (χ3n) is 3.78. The van der Waals surface area contributed by atoms with Gasteiger partial charge in [0, 0.05) is 22.2 Å². The molecule has 0 atom stereocenters. The van der Waals surface area contributed by atoms with E-state index in [4.69, 9.17) is 0 Å². The van der Waals surface area contributed by atoms with Crippen LogP contribution in [0, 0.1) is 0 Å². The lowest BCUT2D eigenvalue weighted by atomic mass is 10.2. The van der Waals surface area contributed by atoms with Crippen LogP contribution in [0.25, 0.3) is 10.9 Å². The summed E-state index contributed by atoms with van der Waals surface area (Å²) in [6, 6.07) is 18.0. The number of pyridine rings is 1. The number of nitrogens with one attached hydrogen (secondary N) is 2. The van der Waals surface area contributed by atoms with Crippen LogP contribution in [0.3, 0.4) is 0 Å². The normalized spacial score (nSPS) is 10.7. The predicted octanol–water partition coefficient (Wildman–Crippen LogP) is 3.51. The van der Waals surface area contributed by atoms with Gasteiger partial charge in [0.2, 0.25) is 0 Å². The SMILES string of the molecule is C=C(C)C(=O)Nc1ccc(C(=O)NN=Cc2ccc3ccccc3n2)cc1. The Kier molecular flexibility index (Phi) is 5.37. The number of hydrogen-bond donors (Lipinski definition) is 2. The zero-order valence-electron chi connectivity index (χ0n) is 14.8. The van der Waals surface area contributed by atoms with Crippen molar-refractivity contribution in [3.05, 3.63) is 84.1 Å². The Morgan fingerprint density at radius 2 is 1.78 bits per heavy atom. The van der Waals surface area contributed by atoms with E-state index in [1.54, 1.807) is 31.2 Å². The molecule has 6 heteroatoms. The number of hydrogen-bond acceptors (Lipinski definition) is 4. The van der Waals surface area contributed by atoms with Gasteiger partial charge in [-0.15, -0.1) is 0 Å². The van der Waals surface area contributed by atoms with Gasteiger partial charge in [0.15, 0.2) is 0 Å². The minimum absolute atomic E-state index is 0.264. The number of amides is 2. The van der Waals surface area contributed by atoms with E-state index < -0.39 is 0 Å². The van der Waals surface area contributed by atoms with Gasteiger partial charge in [-0.25, -0.2) is 10.4 Å². The van der Waals surface area contributed by atoms with Crippen LogP contribution in [0.4, 0.5) is 5.69 Å². The fourth-order valence-electron chi connectivity index (χ4n) is 2.32. The summed E-state index contributed by atoms with van der Waals surface area (Å²) in [5.74, 6) is -0.621. The second kappa shape index (κ2) is 8.05. The Labute approximate surface area is 156 Å². The van der Waals surface area contributed by atoms with Gasteiger partial charge in [-0.1, -0.05) is 30.8 Å². The van der Waals surface area contributed by atoms with Gasteiger partial charge in [-0.3, -0.25) is 9.59 Å². The van der Waals surface area contributed by atoms with E-state index in [0.29, 0.717) is 22.5 Å². The molecular weight excluding hydrogens is 340 g/mol. The van der Waals surface area contributed by atoms with Crippen molar-refractivity contribution in [3.8, 4) is 0 Å². The molecule has 0 bridgehead atoms. The Hall–Kier alpha value is -3.80. The number of aromatic nitrogens is 1. The minimum atomic E-state index is -0.357. The van der Waals surface area contributed by atoms with Crippen molar-refractivity contribution in [1.82, 2.24) is 10.4 Å². The topological polar surface area (TPSA) is 83.5 Å². The molecule has 2 aromatic carbocycles. The first kappa shape index (κ1) is 18.0. The maximum Gasteiger partial charge on any atom is 0.271 e. The molecule has 3 rings (SSSR count). The summed E-state index contributed by atoms with van der Waals surface area (Å²) in [5, 5.41) is 7.67. The molecule has 1 heterocycles. The fraction of sp³-hybridized carbons (Fsp3) is 0.0476. The standard InChI is InChI=1S/C21H18N4O2/c1-14(2)20(26)24-17-10-8-16(9-11-17)21(27)25-22-13-18-12-7-15-5-3-4-6-19(15)23-18/h3-13H,1H2,2H3,(H,24,26)(H,25,27). The summed E-state index contributed by atoms with van der Waals surface area (Å²) in [7, 11) is 0. The number of rotatable bonds is 5. The third kappa shape index (κ3) is 4.64. The molecule has 6 nitrogen and oxygen atoms in total. The number of carbonyl (C=O) groups is 2. The predicted molar refractivity (Wildman–Crippen MR) is 107 cm³/mol. The number of carbonyl (C=O) groups excluding carboxylic acids is 2. The summed E-state index contributed by atoms with van der Waals surface area (Å²) in [4.78, 5) is 28.2. The maximum absolute atomic E-state index is 12.1. The zero-order chi connectivity index (χ0) is 19.2. The number of para-hydroxylation sites is 1. The number of benzene rings is 2. The Balaban J connectivity index is 1.61. The van der Waals surface area contributed by atoms with E-state index in [2.05, 4.69) is 27.4 Å². The molecule has 0 fully saturated rings. The third-order valence-corrected chi connectivity index (χ3v) is 3.78. The van der Waals surface area contributed by atoms with E-state index in [1.165, 1.54) is 6.21 Å². The van der Waals surface area contributed by atoms with E-state index in [0.717, 1.165) is 10.9 Å². The van der Waals surface area contributed by atoms with Crippen LogP contribution in [0.5, 0.6) is 0 Å². The molecule has 1 aromatic heterocycles. The smallest absolute Gasteiger partial charge is 0.271 e. The molecule has 0 aliphatic carbocycles. The van der Waals surface area contributed by atoms with Crippen LogP contribution in [0.2, 0.25) is 0 Å². The van der Waals surface area contributed by atoms with E-state index in [1.807, 2.05) is 36.4 Å². The van der Waals surface area contributed by atoms with Crippen LogP contribution in [0.15, 0.2) is 77.9 Å². The molecular formula is C21H18N4O2. The average Bonchev–Trinajstić information content (AvgIpc) is 2.68. The lowest BCUT2D eigenvalue weighted by Crippen LogP contribution is -2.18. The van der Waals surface area contributed by atoms with Crippen molar-refractivity contribution >= 4 is 34.6 Å². The summed E-state index contributed by atoms with van der Waals surface area (Å²) < 4.78 is 0. The van der Waals surface area contributed by atoms with Crippen LogP contribution in [-0.2, 0) is 4.79 Å². The fourth-order valence-corrected chi connectivity index (χ4v) is 2.32. The minimum Gasteiger partial charge on any atom is -0.322 e. The van der Waals surface area contributed by atoms with Crippen LogP contribution in [0.1, 0.15) is 23.0 Å². The van der Waals surface area contributed by atoms with Crippen molar-refractivity contribution in [2.45, 2.75) is 6.92 Å². The monoisotopic (exact) mass is 358 g/mol. The summed E-state index contributed by atoms with van der Waals surface area (Å²) in [6.45, 7) is 5.20. The van der Waals surface area contributed by atoms with E-state index in [-0.39, 0.29) is 11.8 Å². The molecule has 2 amide bonds. The number of anilines is 1. The van der Waals surface area contributed by atoms with Gasteiger partial charge < -0.3 is 5.32 Å². The summed E-state index contributed by atoms with van der Waals surface area (Å²) in [6.07, 6.45) is 1.49. The molecule has 0 spiro atoms. The van der Waals surface area contributed by atoms with Crippen LogP contribution < -0.4 is 10.7 Å². The number of hydrazone groups is 1. The Morgan fingerprint density at radius 1 is 1.04 bits per heavy atom. The molecule has 0 saturated heterocycles. The van der Waals surface area contributed by atoms with Crippen LogP contribution in [-0.4, -0.2) is 23.0 Å². The van der Waals surface area contributed by atoms with Gasteiger partial charge in [0.1, 0.15) is 0 Å². The van der Waals surface area contributed by atoms with E-state index in [9.17, 15) is 9.59 Å². The van der Waals surface area contributed by atoms with Gasteiger partial charge >= 0.3 is 0 Å². The molecule has 3 aromatic rings. The highest BCUT2D eigenvalue weighted by molar-refractivity contribution is 6.03. The van der Waals surface area contributed by atoms with Crippen molar-refractivity contribution in [1.29, 1.82) is 0 Å². The van der Waals surface area contributed by atoms with Gasteiger partial charge in [-0.2, -0.15) is 5.10 Å². The molecule has 0 aliphatic heterocycles. The quantitative estimate of drug-likeness (QED) is 0.416.